The lowest BCUT2D eigenvalue weighted by atomic mass is 9.93. The van der Waals surface area contributed by atoms with Gasteiger partial charge in [-0.05, 0) is 124 Å². The zero-order valence-corrected chi connectivity index (χ0v) is 44.3. The molecule has 1 N–H and O–H groups in total. The van der Waals surface area contributed by atoms with Crippen LogP contribution in [0.25, 0.3) is 128 Å². The number of rotatable bonds is 11. The fourth-order valence-corrected chi connectivity index (χ4v) is 11.8. The lowest BCUT2D eigenvalue weighted by molar-refractivity contribution is 0.953. The number of anilines is 2. The molecule has 6 heteroatoms. The second-order valence-corrected chi connectivity index (χ2v) is 20.8. The fraction of sp³-hybridized carbons (Fsp3) is 0.0267. The molecule has 0 atom stereocenters. The Balaban J connectivity index is 0.841. The maximum atomic E-state index is 5.29. The molecule has 0 amide bonds. The molecule has 0 unspecified atom stereocenters. The lowest BCUT2D eigenvalue weighted by Gasteiger charge is -2.18. The second-order valence-electron chi connectivity index (χ2n) is 20.8. The molecule has 382 valence electrons. The van der Waals surface area contributed by atoms with E-state index in [1.54, 1.807) is 0 Å². The van der Waals surface area contributed by atoms with Crippen LogP contribution >= 0.6 is 0 Å². The summed E-state index contributed by atoms with van der Waals surface area (Å²) in [6.07, 6.45) is 8.71. The van der Waals surface area contributed by atoms with Crippen LogP contribution < -0.4 is 5.32 Å². The van der Waals surface area contributed by atoms with Gasteiger partial charge in [0.2, 0.25) is 5.95 Å². The van der Waals surface area contributed by atoms with E-state index >= 15 is 0 Å². The lowest BCUT2D eigenvalue weighted by Crippen LogP contribution is -2.06. The van der Waals surface area contributed by atoms with E-state index in [4.69, 9.17) is 15.0 Å². The van der Waals surface area contributed by atoms with E-state index in [2.05, 4.69) is 263 Å². The Kier molecular flexibility index (Phi) is 11.9. The van der Waals surface area contributed by atoms with Crippen LogP contribution in [0, 0.1) is 0 Å². The summed E-state index contributed by atoms with van der Waals surface area (Å²) in [7, 11) is 0. The monoisotopic (exact) mass is 1040 g/mol. The number of para-hydroxylation sites is 1. The summed E-state index contributed by atoms with van der Waals surface area (Å²) >= 11 is 0. The third-order valence-electron chi connectivity index (χ3n) is 15.9. The van der Waals surface area contributed by atoms with Gasteiger partial charge in [-0.3, -0.25) is 4.57 Å². The summed E-state index contributed by atoms with van der Waals surface area (Å²) in [6.45, 7) is 0. The molecular formula is C75H52N6. The molecule has 3 heterocycles. The topological polar surface area (TPSA) is 60.6 Å². The number of aromatic nitrogens is 5. The maximum Gasteiger partial charge on any atom is 0.238 e. The molecule has 15 rings (SSSR count). The van der Waals surface area contributed by atoms with E-state index in [1.807, 2.05) is 36.4 Å². The smallest absolute Gasteiger partial charge is 0.238 e. The second kappa shape index (κ2) is 20.3. The Labute approximate surface area is 470 Å². The standard InChI is InChI=1S/C75H52N6/c1-6-18-50(19-7-1)58-34-42-63(54-22-10-3-11-23-54)68(47-58)76-61-38-30-52(31-39-61)60-36-44-66-67-46-57(37-45-70(67)81(72(66)49-60)75-78-73(55-24-12-4-13-25-55)77-74(79-75)56-26-14-5-15-27-56)53-32-40-62(41-33-53)80-69-29-17-16-28-64(69)65-43-35-59(48-71(65)80)51-20-8-2-9-21-51/h1-10,12-22,24-49,76H,11,23H2. The van der Waals surface area contributed by atoms with Crippen LogP contribution in [-0.2, 0) is 0 Å². The number of nitrogens with zero attached hydrogens (tertiary/aromatic N) is 5. The first-order valence-electron chi connectivity index (χ1n) is 27.7. The van der Waals surface area contributed by atoms with Gasteiger partial charge in [-0.15, -0.1) is 0 Å². The zero-order chi connectivity index (χ0) is 53.6. The first-order valence-corrected chi connectivity index (χ1v) is 27.7. The van der Waals surface area contributed by atoms with Crippen LogP contribution in [0.3, 0.4) is 0 Å². The number of fused-ring (bicyclic) bond motifs is 6. The van der Waals surface area contributed by atoms with Crippen molar-refractivity contribution in [1.82, 2.24) is 24.1 Å². The third kappa shape index (κ3) is 8.86. The Morgan fingerprint density at radius 2 is 0.802 bits per heavy atom. The molecule has 14 aromatic rings. The third-order valence-corrected chi connectivity index (χ3v) is 15.9. The molecule has 6 nitrogen and oxygen atoms in total. The highest BCUT2D eigenvalue weighted by Crippen LogP contribution is 2.41. The van der Waals surface area contributed by atoms with Crippen molar-refractivity contribution in [2.75, 3.05) is 5.32 Å². The van der Waals surface area contributed by atoms with Gasteiger partial charge in [-0.25, -0.2) is 4.98 Å². The van der Waals surface area contributed by atoms with Crippen molar-refractivity contribution in [3.05, 3.63) is 291 Å². The van der Waals surface area contributed by atoms with Gasteiger partial charge in [0, 0.05) is 55.3 Å². The summed E-state index contributed by atoms with van der Waals surface area (Å²) in [5.41, 5.74) is 21.2. The normalized spacial score (nSPS) is 12.4. The maximum absolute atomic E-state index is 5.29. The summed E-state index contributed by atoms with van der Waals surface area (Å²) in [5, 5.41) is 8.51. The first-order chi connectivity index (χ1) is 40.1. The van der Waals surface area contributed by atoms with E-state index in [0.717, 1.165) is 85.1 Å². The molecule has 0 spiro atoms. The van der Waals surface area contributed by atoms with Gasteiger partial charge < -0.3 is 9.88 Å². The van der Waals surface area contributed by atoms with E-state index in [1.165, 1.54) is 55.2 Å². The van der Waals surface area contributed by atoms with Gasteiger partial charge in [-0.1, -0.05) is 224 Å². The Morgan fingerprint density at radius 3 is 1.42 bits per heavy atom. The first kappa shape index (κ1) is 47.5. The van der Waals surface area contributed by atoms with Crippen LogP contribution in [0.15, 0.2) is 285 Å². The van der Waals surface area contributed by atoms with E-state index in [0.29, 0.717) is 17.6 Å². The molecule has 1 aliphatic rings. The summed E-state index contributed by atoms with van der Waals surface area (Å²) in [6, 6.07) is 95.4. The van der Waals surface area contributed by atoms with Crippen molar-refractivity contribution in [2.45, 2.75) is 12.8 Å². The van der Waals surface area contributed by atoms with Gasteiger partial charge in [0.1, 0.15) is 0 Å². The average Bonchev–Trinajstić information content (AvgIpc) is 4.22. The molecular weight excluding hydrogens is 985 g/mol. The van der Waals surface area contributed by atoms with Gasteiger partial charge in [0.15, 0.2) is 11.6 Å². The van der Waals surface area contributed by atoms with Crippen molar-refractivity contribution in [1.29, 1.82) is 0 Å². The largest absolute Gasteiger partial charge is 0.355 e. The zero-order valence-electron chi connectivity index (χ0n) is 44.3. The minimum Gasteiger partial charge on any atom is -0.355 e. The van der Waals surface area contributed by atoms with Crippen LogP contribution in [0.4, 0.5) is 11.4 Å². The van der Waals surface area contributed by atoms with Crippen molar-refractivity contribution in [3.8, 4) is 78.9 Å². The van der Waals surface area contributed by atoms with Gasteiger partial charge in [-0.2, -0.15) is 9.97 Å². The summed E-state index contributed by atoms with van der Waals surface area (Å²) in [4.78, 5) is 15.7. The Bertz CT molecular complexity index is 4670. The molecule has 1 aliphatic carbocycles. The molecule has 81 heavy (non-hydrogen) atoms. The van der Waals surface area contributed by atoms with E-state index < -0.39 is 0 Å². The van der Waals surface area contributed by atoms with Gasteiger partial charge >= 0.3 is 0 Å². The highest BCUT2D eigenvalue weighted by atomic mass is 15.2. The predicted molar refractivity (Wildman–Crippen MR) is 337 cm³/mol. The van der Waals surface area contributed by atoms with Gasteiger partial charge in [0.05, 0.1) is 22.1 Å². The van der Waals surface area contributed by atoms with Crippen molar-refractivity contribution in [3.63, 3.8) is 0 Å². The minimum absolute atomic E-state index is 0.551. The molecule has 0 aliphatic heterocycles. The molecule has 0 fully saturated rings. The average molecular weight is 1040 g/mol. The van der Waals surface area contributed by atoms with Crippen LogP contribution in [0.2, 0.25) is 0 Å². The van der Waals surface area contributed by atoms with Crippen LogP contribution in [-0.4, -0.2) is 24.1 Å². The Morgan fingerprint density at radius 1 is 0.333 bits per heavy atom. The quantitative estimate of drug-likeness (QED) is 0.140. The van der Waals surface area contributed by atoms with E-state index in [9.17, 15) is 0 Å². The van der Waals surface area contributed by atoms with Crippen molar-refractivity contribution < 1.29 is 0 Å². The molecule has 3 aromatic heterocycles. The summed E-state index contributed by atoms with van der Waals surface area (Å²) < 4.78 is 4.62. The molecule has 0 saturated heterocycles. The van der Waals surface area contributed by atoms with Gasteiger partial charge in [0.25, 0.3) is 0 Å². The number of benzene rings is 11. The van der Waals surface area contributed by atoms with Crippen LogP contribution in [0.5, 0.6) is 0 Å². The fourth-order valence-electron chi connectivity index (χ4n) is 11.8. The van der Waals surface area contributed by atoms with Crippen molar-refractivity contribution in [2.24, 2.45) is 0 Å². The molecule has 11 aromatic carbocycles. The van der Waals surface area contributed by atoms with E-state index in [-0.39, 0.29) is 0 Å². The molecule has 0 saturated carbocycles. The number of hydrogen-bond donors (Lipinski definition) is 1. The molecule has 0 bridgehead atoms. The number of nitrogens with one attached hydrogen (secondary N) is 1. The van der Waals surface area contributed by atoms with Crippen LogP contribution in [0.1, 0.15) is 18.4 Å². The minimum atomic E-state index is 0.551. The SMILES string of the molecule is C1=CCCC(c2ccc(-c3ccccc3)cc2Nc2ccc(-c3ccc4c5cc(-c6ccc(-n7c8ccccc8c8ccc(-c9ccccc9)cc87)cc6)ccc5n(-c5nc(-c6ccccc6)nc(-c6ccccc6)n5)c4c3)cc2)=C1. The Hall–Kier alpha value is -10.7. The number of hydrogen-bond acceptors (Lipinski definition) is 4. The predicted octanol–water partition coefficient (Wildman–Crippen LogP) is 19.5. The highest BCUT2D eigenvalue weighted by molar-refractivity contribution is 6.12. The summed E-state index contributed by atoms with van der Waals surface area (Å²) in [5.74, 6) is 1.77. The highest BCUT2D eigenvalue weighted by Gasteiger charge is 2.21. The molecule has 0 radical (unpaired) electrons. The van der Waals surface area contributed by atoms with Crippen molar-refractivity contribution >= 4 is 60.6 Å². The number of allylic oxidation sites excluding steroid dienone is 4.